The van der Waals surface area contributed by atoms with Crippen LogP contribution in [0.2, 0.25) is 0 Å². The number of anilines is 1. The third kappa shape index (κ3) is 8.24. The molecule has 2 saturated carbocycles. The summed E-state index contributed by atoms with van der Waals surface area (Å²) in [6.45, 7) is 6.10. The standard InChI is InChI=1S/C48H55N3O3S/c1-32-43(35-10-7-11-35)26-39(28-46(32)52-2)45-24-34(17-20-49-45)30-50-21-18-40(19-22-50)51(41-13-8-14-42(29-41)55-5)31-33-9-6-12-37(23-33)38-25-44(36-15-16-36)48(54-4)47(27-38)53-3/h6,8-9,12-14,17,20,23-29,35-36,40H,7,10-11,15-16,18-19,21-22,30-31H2,1-5H3. The topological polar surface area (TPSA) is 47.1 Å². The predicted molar refractivity (Wildman–Crippen MR) is 227 cm³/mol. The van der Waals surface area contributed by atoms with Gasteiger partial charge in [0, 0.05) is 60.1 Å². The van der Waals surface area contributed by atoms with E-state index in [2.05, 4.69) is 108 Å². The second-order valence-corrected chi connectivity index (χ2v) is 16.6. The van der Waals surface area contributed by atoms with Crippen molar-refractivity contribution >= 4 is 17.4 Å². The van der Waals surface area contributed by atoms with E-state index >= 15 is 0 Å². The number of rotatable bonds is 14. The molecule has 0 spiro atoms. The maximum absolute atomic E-state index is 5.84. The van der Waals surface area contributed by atoms with E-state index in [-0.39, 0.29) is 0 Å². The fraction of sp³-hybridized carbons (Fsp3) is 0.396. The van der Waals surface area contributed by atoms with Crippen LogP contribution in [0.1, 0.15) is 84.6 Å². The van der Waals surface area contributed by atoms with E-state index in [1.54, 1.807) is 21.3 Å². The number of benzene rings is 4. The first-order valence-corrected chi connectivity index (χ1v) is 21.3. The van der Waals surface area contributed by atoms with E-state index in [9.17, 15) is 0 Å². The van der Waals surface area contributed by atoms with Crippen LogP contribution in [0, 0.1) is 6.92 Å². The molecule has 0 radical (unpaired) electrons. The van der Waals surface area contributed by atoms with E-state index in [1.807, 2.05) is 18.0 Å². The minimum Gasteiger partial charge on any atom is -0.496 e. The van der Waals surface area contributed by atoms with Crippen molar-refractivity contribution in [2.24, 2.45) is 0 Å². The van der Waals surface area contributed by atoms with E-state index in [4.69, 9.17) is 19.2 Å². The highest BCUT2D eigenvalue weighted by atomic mass is 32.2. The molecular weight excluding hydrogens is 699 g/mol. The molecule has 1 saturated heterocycles. The third-order valence-corrected chi connectivity index (χ3v) is 12.9. The Hall–Kier alpha value is -4.46. The summed E-state index contributed by atoms with van der Waals surface area (Å²) in [5, 5.41) is 0. The molecule has 3 aliphatic rings. The Morgan fingerprint density at radius 1 is 0.709 bits per heavy atom. The van der Waals surface area contributed by atoms with E-state index in [0.717, 1.165) is 67.5 Å². The average molecular weight is 754 g/mol. The molecule has 0 N–H and O–H groups in total. The number of nitrogens with zero attached hydrogens (tertiary/aromatic N) is 3. The Balaban J connectivity index is 0.996. The van der Waals surface area contributed by atoms with Gasteiger partial charge in [-0.15, -0.1) is 11.8 Å². The molecule has 3 fully saturated rings. The summed E-state index contributed by atoms with van der Waals surface area (Å²) < 4.78 is 17.5. The summed E-state index contributed by atoms with van der Waals surface area (Å²) >= 11 is 1.81. The third-order valence-electron chi connectivity index (χ3n) is 12.2. The molecule has 286 valence electrons. The summed E-state index contributed by atoms with van der Waals surface area (Å²) in [5.74, 6) is 3.86. The number of likely N-dealkylation sites (tertiary alicyclic amines) is 1. The van der Waals surface area contributed by atoms with Crippen LogP contribution in [-0.2, 0) is 13.1 Å². The van der Waals surface area contributed by atoms with Crippen molar-refractivity contribution in [3.63, 3.8) is 0 Å². The van der Waals surface area contributed by atoms with Gasteiger partial charge in [-0.3, -0.25) is 9.88 Å². The van der Waals surface area contributed by atoms with Crippen molar-refractivity contribution in [1.29, 1.82) is 0 Å². The van der Waals surface area contributed by atoms with Gasteiger partial charge in [-0.2, -0.15) is 0 Å². The molecule has 0 unspecified atom stereocenters. The van der Waals surface area contributed by atoms with Gasteiger partial charge in [0.2, 0.25) is 0 Å². The summed E-state index contributed by atoms with van der Waals surface area (Å²) in [7, 11) is 5.27. The van der Waals surface area contributed by atoms with E-state index in [1.165, 1.54) is 81.6 Å². The zero-order valence-electron chi connectivity index (χ0n) is 33.1. The maximum atomic E-state index is 5.84. The molecule has 8 rings (SSSR count). The number of thioether (sulfide) groups is 1. The fourth-order valence-corrected chi connectivity index (χ4v) is 9.17. The minimum atomic E-state index is 0.442. The lowest BCUT2D eigenvalue weighted by molar-refractivity contribution is 0.201. The average Bonchev–Trinajstić information content (AvgIpc) is 4.06. The highest BCUT2D eigenvalue weighted by Crippen LogP contribution is 2.49. The lowest BCUT2D eigenvalue weighted by atomic mass is 9.77. The largest absolute Gasteiger partial charge is 0.496 e. The Labute approximate surface area is 332 Å². The number of methoxy groups -OCH3 is 3. The number of hydrogen-bond acceptors (Lipinski definition) is 7. The molecule has 5 aromatic rings. The van der Waals surface area contributed by atoms with Gasteiger partial charge in [-0.25, -0.2) is 0 Å². The summed E-state index contributed by atoms with van der Waals surface area (Å²) in [6.07, 6.45) is 12.6. The zero-order valence-corrected chi connectivity index (χ0v) is 34.0. The SMILES string of the molecule is COc1cc(-c2cc(CN3CCC(N(Cc4cccc(-c5cc(OC)c(OC)c(C6CC6)c5)c4)c4cccc(SC)c4)CC3)ccn2)cc(C2CCC2)c1C. The van der Waals surface area contributed by atoms with Gasteiger partial charge < -0.3 is 19.1 Å². The second kappa shape index (κ2) is 16.7. The van der Waals surface area contributed by atoms with Crippen molar-refractivity contribution in [1.82, 2.24) is 9.88 Å². The van der Waals surface area contributed by atoms with Crippen molar-refractivity contribution in [3.05, 3.63) is 119 Å². The lowest BCUT2D eigenvalue weighted by Crippen LogP contribution is -2.44. The van der Waals surface area contributed by atoms with Crippen LogP contribution in [0.5, 0.6) is 17.2 Å². The number of aromatic nitrogens is 1. The Morgan fingerprint density at radius 2 is 1.45 bits per heavy atom. The van der Waals surface area contributed by atoms with Gasteiger partial charge in [0.05, 0.1) is 27.0 Å². The van der Waals surface area contributed by atoms with Gasteiger partial charge in [-0.1, -0.05) is 30.7 Å². The molecule has 1 aliphatic heterocycles. The highest BCUT2D eigenvalue weighted by molar-refractivity contribution is 7.98. The van der Waals surface area contributed by atoms with Gasteiger partial charge >= 0.3 is 0 Å². The molecule has 7 heteroatoms. The Morgan fingerprint density at radius 3 is 2.16 bits per heavy atom. The second-order valence-electron chi connectivity index (χ2n) is 15.7. The summed E-state index contributed by atoms with van der Waals surface area (Å²) in [4.78, 5) is 11.4. The van der Waals surface area contributed by atoms with Crippen LogP contribution in [-0.4, -0.2) is 56.6 Å². The molecule has 0 atom stereocenters. The van der Waals surface area contributed by atoms with E-state index < -0.39 is 0 Å². The highest BCUT2D eigenvalue weighted by Gasteiger charge is 2.30. The van der Waals surface area contributed by atoms with Gasteiger partial charge in [0.25, 0.3) is 0 Å². The number of piperidine rings is 1. The summed E-state index contributed by atoms with van der Waals surface area (Å²) in [6, 6.07) is 32.1. The maximum Gasteiger partial charge on any atom is 0.164 e. The van der Waals surface area contributed by atoms with E-state index in [0.29, 0.717) is 17.9 Å². The molecule has 2 aliphatic carbocycles. The van der Waals surface area contributed by atoms with Crippen LogP contribution >= 0.6 is 11.8 Å². The van der Waals surface area contributed by atoms with Gasteiger partial charge in [0.1, 0.15) is 5.75 Å². The number of ether oxygens (including phenoxy) is 3. The first-order chi connectivity index (χ1) is 26.9. The van der Waals surface area contributed by atoms with Crippen LogP contribution in [0.25, 0.3) is 22.4 Å². The van der Waals surface area contributed by atoms with Crippen molar-refractivity contribution < 1.29 is 14.2 Å². The zero-order chi connectivity index (χ0) is 37.9. The van der Waals surface area contributed by atoms with Crippen LogP contribution < -0.4 is 19.1 Å². The number of hydrogen-bond donors (Lipinski definition) is 0. The Bertz CT molecular complexity index is 2120. The van der Waals surface area contributed by atoms with Crippen LogP contribution in [0.15, 0.2) is 96.0 Å². The van der Waals surface area contributed by atoms with Crippen molar-refractivity contribution in [3.8, 4) is 39.6 Å². The normalized spacial score (nSPS) is 16.5. The molecule has 55 heavy (non-hydrogen) atoms. The predicted octanol–water partition coefficient (Wildman–Crippen LogP) is 11.3. The summed E-state index contributed by atoms with van der Waals surface area (Å²) in [5.41, 5.74) is 12.5. The van der Waals surface area contributed by atoms with Gasteiger partial charge in [0.15, 0.2) is 11.5 Å². The first-order valence-electron chi connectivity index (χ1n) is 20.1. The smallest absolute Gasteiger partial charge is 0.164 e. The minimum absolute atomic E-state index is 0.442. The van der Waals surface area contributed by atoms with Crippen molar-refractivity contribution in [2.45, 2.75) is 87.7 Å². The molecule has 6 nitrogen and oxygen atoms in total. The molecule has 0 bridgehead atoms. The lowest BCUT2D eigenvalue weighted by Gasteiger charge is -2.40. The molecule has 2 heterocycles. The van der Waals surface area contributed by atoms with Crippen LogP contribution in [0.3, 0.4) is 0 Å². The first kappa shape index (κ1) is 37.5. The molecule has 1 aromatic heterocycles. The molecule has 4 aromatic carbocycles. The monoisotopic (exact) mass is 753 g/mol. The Kier molecular flexibility index (Phi) is 11.4. The van der Waals surface area contributed by atoms with Crippen molar-refractivity contribution in [2.75, 3.05) is 45.6 Å². The van der Waals surface area contributed by atoms with Crippen LogP contribution in [0.4, 0.5) is 5.69 Å². The molecular formula is C48H55N3O3S. The van der Waals surface area contributed by atoms with Gasteiger partial charge in [-0.05, 0) is 158 Å². The quantitative estimate of drug-likeness (QED) is 0.105. The fourth-order valence-electron chi connectivity index (χ4n) is 8.71. The molecule has 0 amide bonds. The number of pyridine rings is 1.